The molecule has 0 radical (unpaired) electrons. The minimum Gasteiger partial charge on any atom is -0.350 e. The van der Waals surface area contributed by atoms with Crippen molar-refractivity contribution in [3.05, 3.63) is 36.3 Å². The lowest BCUT2D eigenvalue weighted by atomic mass is 9.47. The fourth-order valence-electron chi connectivity index (χ4n) is 8.65. The highest BCUT2D eigenvalue weighted by molar-refractivity contribution is 5.89. The SMILES string of the molecule is CN1C(=O)C=C[C@]2(C)[C@H]3CC[C@]4(C)[C@@H](CC(=O)NCc5cc6cn[nH]c6cn5)CC[C@H]4[C@@H]3CC[C@@H]12. The summed E-state index contributed by atoms with van der Waals surface area (Å²) < 4.78 is 0. The smallest absolute Gasteiger partial charge is 0.246 e. The van der Waals surface area contributed by atoms with Crippen molar-refractivity contribution >= 4 is 22.7 Å². The molecule has 3 heterocycles. The molecule has 2 aromatic rings. The predicted octanol–water partition coefficient (Wildman–Crippen LogP) is 4.22. The van der Waals surface area contributed by atoms with Gasteiger partial charge in [0.05, 0.1) is 30.1 Å². The van der Waals surface area contributed by atoms with Crippen LogP contribution in [0.5, 0.6) is 0 Å². The molecule has 0 saturated heterocycles. The summed E-state index contributed by atoms with van der Waals surface area (Å²) in [6.45, 7) is 5.31. The average molecular weight is 476 g/mol. The Morgan fingerprint density at radius 1 is 1.17 bits per heavy atom. The maximum Gasteiger partial charge on any atom is 0.246 e. The molecule has 4 aliphatic rings. The highest BCUT2D eigenvalue weighted by Crippen LogP contribution is 2.65. The van der Waals surface area contributed by atoms with Crippen molar-refractivity contribution < 1.29 is 9.59 Å². The third-order valence-corrected chi connectivity index (χ3v) is 10.6. The third-order valence-electron chi connectivity index (χ3n) is 10.6. The van der Waals surface area contributed by atoms with Crippen molar-refractivity contribution in [1.29, 1.82) is 0 Å². The van der Waals surface area contributed by atoms with Crippen LogP contribution in [0.25, 0.3) is 10.9 Å². The lowest BCUT2D eigenvalue weighted by molar-refractivity contribution is -0.139. The zero-order chi connectivity index (χ0) is 24.4. The first-order chi connectivity index (χ1) is 16.8. The van der Waals surface area contributed by atoms with Gasteiger partial charge in [-0.3, -0.25) is 19.7 Å². The highest BCUT2D eigenvalue weighted by Gasteiger charge is 2.60. The molecule has 2 N–H and O–H groups in total. The van der Waals surface area contributed by atoms with E-state index in [1.807, 2.05) is 24.1 Å². The van der Waals surface area contributed by atoms with Crippen LogP contribution in [0.4, 0.5) is 0 Å². The second kappa shape index (κ2) is 8.17. The third kappa shape index (κ3) is 3.53. The lowest BCUT2D eigenvalue weighted by Gasteiger charge is -2.60. The molecule has 186 valence electrons. The zero-order valence-corrected chi connectivity index (χ0v) is 21.1. The van der Waals surface area contributed by atoms with E-state index in [1.165, 1.54) is 25.7 Å². The first-order valence-electron chi connectivity index (χ1n) is 13.3. The van der Waals surface area contributed by atoms with Gasteiger partial charge >= 0.3 is 0 Å². The number of hydrogen-bond donors (Lipinski definition) is 2. The van der Waals surface area contributed by atoms with Gasteiger partial charge in [0.1, 0.15) is 0 Å². The molecule has 2 amide bonds. The first kappa shape index (κ1) is 22.7. The summed E-state index contributed by atoms with van der Waals surface area (Å²) in [5.74, 6) is 2.73. The number of nitrogens with zero attached hydrogens (tertiary/aromatic N) is 3. The van der Waals surface area contributed by atoms with E-state index in [9.17, 15) is 9.59 Å². The normalized spacial score (nSPS) is 38.2. The van der Waals surface area contributed by atoms with Gasteiger partial charge in [0.2, 0.25) is 11.8 Å². The van der Waals surface area contributed by atoms with Crippen LogP contribution in [-0.4, -0.2) is 45.0 Å². The summed E-state index contributed by atoms with van der Waals surface area (Å²) in [4.78, 5) is 31.7. The number of aromatic nitrogens is 3. The average Bonchev–Trinajstić information content (AvgIpc) is 3.44. The minimum absolute atomic E-state index is 0.0749. The number of carbonyl (C=O) groups is 2. The standard InChI is InChI=1S/C28H37N5O2/c1-27-10-8-22-20(5-7-24-28(22,2)11-9-26(35)33(24)3)21(27)6-4-18(27)13-25(34)30-15-19-12-17-14-31-32-23(17)16-29-19/h9,11-12,14,16,18,20-22,24H,4-8,10,13,15H2,1-3H3,(H,30,34)(H,31,32)/t18-,20+,21+,22+,24-,27-,28-/m1/s1. The molecule has 0 unspecified atom stereocenters. The monoisotopic (exact) mass is 475 g/mol. The maximum atomic E-state index is 13.0. The van der Waals surface area contributed by atoms with Gasteiger partial charge in [0.25, 0.3) is 0 Å². The molecule has 0 bridgehead atoms. The molecule has 3 fully saturated rings. The number of fused-ring (bicyclic) bond motifs is 6. The summed E-state index contributed by atoms with van der Waals surface area (Å²) in [5, 5.41) is 11.1. The molecule has 1 aliphatic heterocycles. The van der Waals surface area contributed by atoms with E-state index >= 15 is 0 Å². The van der Waals surface area contributed by atoms with Crippen LogP contribution in [0.1, 0.15) is 64.5 Å². The number of amides is 2. The molecule has 3 saturated carbocycles. The summed E-state index contributed by atoms with van der Waals surface area (Å²) in [7, 11) is 1.98. The quantitative estimate of drug-likeness (QED) is 0.693. The molecule has 3 aliphatic carbocycles. The van der Waals surface area contributed by atoms with Crippen LogP contribution < -0.4 is 5.32 Å². The lowest BCUT2D eigenvalue weighted by Crippen LogP contribution is -2.59. The topological polar surface area (TPSA) is 91.0 Å². The van der Waals surface area contributed by atoms with Crippen LogP contribution in [0, 0.1) is 34.5 Å². The first-order valence-corrected chi connectivity index (χ1v) is 13.3. The van der Waals surface area contributed by atoms with Crippen LogP contribution in [0.2, 0.25) is 0 Å². The van der Waals surface area contributed by atoms with E-state index in [4.69, 9.17) is 0 Å². The molecule has 2 aromatic heterocycles. The molecule has 7 atom stereocenters. The van der Waals surface area contributed by atoms with Gasteiger partial charge in [-0.05, 0) is 79.8 Å². The van der Waals surface area contributed by atoms with Gasteiger partial charge in [-0.25, -0.2) is 0 Å². The molecule has 0 spiro atoms. The molecule has 7 nitrogen and oxygen atoms in total. The number of carbonyl (C=O) groups excluding carboxylic acids is 2. The van der Waals surface area contributed by atoms with Crippen molar-refractivity contribution in [3.63, 3.8) is 0 Å². The van der Waals surface area contributed by atoms with Crippen molar-refractivity contribution in [2.45, 2.75) is 71.4 Å². The number of pyridine rings is 1. The number of hydrogen-bond acceptors (Lipinski definition) is 4. The van der Waals surface area contributed by atoms with Crippen LogP contribution in [0.3, 0.4) is 0 Å². The Hall–Kier alpha value is -2.70. The number of rotatable bonds is 4. The Labute approximate surface area is 207 Å². The van der Waals surface area contributed by atoms with E-state index in [1.54, 1.807) is 12.4 Å². The largest absolute Gasteiger partial charge is 0.350 e. The van der Waals surface area contributed by atoms with Gasteiger partial charge in [-0.1, -0.05) is 19.9 Å². The second-order valence-electron chi connectivity index (χ2n) is 12.1. The van der Waals surface area contributed by atoms with Gasteiger partial charge < -0.3 is 10.2 Å². The van der Waals surface area contributed by atoms with Gasteiger partial charge in [0, 0.05) is 30.3 Å². The second-order valence-corrected chi connectivity index (χ2v) is 12.1. The zero-order valence-electron chi connectivity index (χ0n) is 21.1. The summed E-state index contributed by atoms with van der Waals surface area (Å²) >= 11 is 0. The Kier molecular flexibility index (Phi) is 5.31. The summed E-state index contributed by atoms with van der Waals surface area (Å²) in [5.41, 5.74) is 2.07. The summed E-state index contributed by atoms with van der Waals surface area (Å²) in [6.07, 6.45) is 15.3. The van der Waals surface area contributed by atoms with E-state index in [0.717, 1.165) is 29.4 Å². The molecular weight excluding hydrogens is 438 g/mol. The van der Waals surface area contributed by atoms with Crippen molar-refractivity contribution in [2.24, 2.45) is 34.5 Å². The van der Waals surface area contributed by atoms with Gasteiger partial charge in [-0.2, -0.15) is 5.10 Å². The molecule has 0 aromatic carbocycles. The molecule has 35 heavy (non-hydrogen) atoms. The number of likely N-dealkylation sites (N-methyl/N-ethyl adjacent to an activating group) is 1. The van der Waals surface area contributed by atoms with E-state index < -0.39 is 0 Å². The van der Waals surface area contributed by atoms with E-state index in [-0.39, 0.29) is 22.6 Å². The van der Waals surface area contributed by atoms with E-state index in [2.05, 4.69) is 40.4 Å². The molecule has 7 heteroatoms. The number of nitrogens with one attached hydrogen (secondary N) is 2. The van der Waals surface area contributed by atoms with Gasteiger partial charge in [-0.15, -0.1) is 0 Å². The Morgan fingerprint density at radius 2 is 2.03 bits per heavy atom. The maximum absolute atomic E-state index is 13.0. The fourth-order valence-corrected chi connectivity index (χ4v) is 8.65. The molecular formula is C28H37N5O2. The molecule has 6 rings (SSSR count). The van der Waals surface area contributed by atoms with Crippen LogP contribution in [-0.2, 0) is 16.1 Å². The van der Waals surface area contributed by atoms with E-state index in [0.29, 0.717) is 42.7 Å². The van der Waals surface area contributed by atoms with Crippen molar-refractivity contribution in [3.8, 4) is 0 Å². The predicted molar refractivity (Wildman–Crippen MR) is 134 cm³/mol. The van der Waals surface area contributed by atoms with Crippen LogP contribution in [0.15, 0.2) is 30.6 Å². The summed E-state index contributed by atoms with van der Waals surface area (Å²) in [6, 6.07) is 2.30. The van der Waals surface area contributed by atoms with Crippen LogP contribution >= 0.6 is 0 Å². The fraction of sp³-hybridized carbons (Fsp3) is 0.643. The Morgan fingerprint density at radius 3 is 2.89 bits per heavy atom. The van der Waals surface area contributed by atoms with Gasteiger partial charge in [0.15, 0.2) is 0 Å². The minimum atomic E-state index is 0.0749. The number of aromatic amines is 1. The van der Waals surface area contributed by atoms with Crippen molar-refractivity contribution in [2.75, 3.05) is 7.05 Å². The van der Waals surface area contributed by atoms with Crippen molar-refractivity contribution in [1.82, 2.24) is 25.4 Å². The Balaban J connectivity index is 1.12. The highest BCUT2D eigenvalue weighted by atomic mass is 16.2. The number of H-pyrrole nitrogens is 1. The Bertz CT molecular complexity index is 1190.